The topological polar surface area (TPSA) is 58.4 Å². The van der Waals surface area contributed by atoms with E-state index in [4.69, 9.17) is 5.73 Å². The molecule has 98 valence electrons. The molecule has 0 heterocycles. The second kappa shape index (κ2) is 5.40. The van der Waals surface area contributed by atoms with E-state index in [1.165, 1.54) is 11.1 Å². The summed E-state index contributed by atoms with van der Waals surface area (Å²) in [6.07, 6.45) is 2.71. The van der Waals surface area contributed by atoms with Crippen LogP contribution in [0.25, 0.3) is 0 Å². The van der Waals surface area contributed by atoms with E-state index in [1.54, 1.807) is 19.0 Å². The van der Waals surface area contributed by atoms with E-state index in [1.807, 2.05) is 6.07 Å². The summed E-state index contributed by atoms with van der Waals surface area (Å²) in [5.41, 5.74) is 9.28. The molecule has 4 heteroatoms. The van der Waals surface area contributed by atoms with Crippen LogP contribution in [0.4, 0.5) is 5.69 Å². The van der Waals surface area contributed by atoms with Crippen LogP contribution in [0.1, 0.15) is 30.0 Å². The SMILES string of the molecule is CN(C)C(=O)CCNC1CCc2cc(N)ccc21. The van der Waals surface area contributed by atoms with E-state index in [2.05, 4.69) is 17.4 Å². The van der Waals surface area contributed by atoms with Gasteiger partial charge in [-0.3, -0.25) is 4.79 Å². The standard InChI is InChI=1S/C14H21N3O/c1-17(2)14(18)7-8-16-13-6-3-10-9-11(15)4-5-12(10)13/h4-5,9,13,16H,3,6-8,15H2,1-2H3. The maximum atomic E-state index is 11.5. The van der Waals surface area contributed by atoms with Gasteiger partial charge < -0.3 is 16.0 Å². The Bertz CT molecular complexity index is 443. The summed E-state index contributed by atoms with van der Waals surface area (Å²) in [7, 11) is 3.58. The van der Waals surface area contributed by atoms with Crippen molar-refractivity contribution < 1.29 is 4.79 Å². The number of nitrogens with zero attached hydrogens (tertiary/aromatic N) is 1. The minimum atomic E-state index is 0.165. The molecule has 18 heavy (non-hydrogen) atoms. The Morgan fingerprint density at radius 2 is 2.28 bits per heavy atom. The molecule has 1 unspecified atom stereocenters. The summed E-state index contributed by atoms with van der Waals surface area (Å²) in [5.74, 6) is 0.165. The summed E-state index contributed by atoms with van der Waals surface area (Å²) < 4.78 is 0. The summed E-state index contributed by atoms with van der Waals surface area (Å²) in [6, 6.07) is 6.48. The van der Waals surface area contributed by atoms with Gasteiger partial charge in [-0.15, -0.1) is 0 Å². The van der Waals surface area contributed by atoms with Gasteiger partial charge in [0.05, 0.1) is 0 Å². The molecule has 0 radical (unpaired) electrons. The molecule has 1 aromatic rings. The van der Waals surface area contributed by atoms with Crippen molar-refractivity contribution in [3.05, 3.63) is 29.3 Å². The first-order chi connectivity index (χ1) is 8.58. The Hall–Kier alpha value is -1.55. The van der Waals surface area contributed by atoms with Crippen LogP contribution in [-0.2, 0) is 11.2 Å². The monoisotopic (exact) mass is 247 g/mol. The molecule has 0 fully saturated rings. The zero-order valence-electron chi connectivity index (χ0n) is 11.1. The minimum absolute atomic E-state index is 0.165. The molecule has 0 saturated carbocycles. The van der Waals surface area contributed by atoms with Crippen molar-refractivity contribution >= 4 is 11.6 Å². The molecule has 1 aliphatic rings. The van der Waals surface area contributed by atoms with E-state index >= 15 is 0 Å². The Kier molecular flexibility index (Phi) is 3.87. The molecule has 3 N–H and O–H groups in total. The van der Waals surface area contributed by atoms with Crippen molar-refractivity contribution in [2.45, 2.75) is 25.3 Å². The lowest BCUT2D eigenvalue weighted by atomic mass is 10.1. The highest BCUT2D eigenvalue weighted by molar-refractivity contribution is 5.75. The first-order valence-electron chi connectivity index (χ1n) is 6.40. The number of anilines is 1. The molecule has 1 aliphatic carbocycles. The van der Waals surface area contributed by atoms with E-state index < -0.39 is 0 Å². The van der Waals surface area contributed by atoms with E-state index in [9.17, 15) is 4.79 Å². The molecule has 0 saturated heterocycles. The highest BCUT2D eigenvalue weighted by Gasteiger charge is 2.21. The number of carbonyl (C=O) groups is 1. The Balaban J connectivity index is 1.88. The molecular weight excluding hydrogens is 226 g/mol. The number of hydrogen-bond donors (Lipinski definition) is 2. The summed E-state index contributed by atoms with van der Waals surface area (Å²) in [6.45, 7) is 0.728. The fourth-order valence-corrected chi connectivity index (χ4v) is 2.43. The minimum Gasteiger partial charge on any atom is -0.399 e. The average molecular weight is 247 g/mol. The van der Waals surface area contributed by atoms with Crippen molar-refractivity contribution in [2.75, 3.05) is 26.4 Å². The van der Waals surface area contributed by atoms with Gasteiger partial charge in [-0.1, -0.05) is 6.07 Å². The lowest BCUT2D eigenvalue weighted by molar-refractivity contribution is -0.128. The second-order valence-electron chi connectivity index (χ2n) is 5.04. The predicted octanol–water partition coefficient (Wildman–Crippen LogP) is 1.32. The van der Waals surface area contributed by atoms with Crippen molar-refractivity contribution in [1.82, 2.24) is 10.2 Å². The third-order valence-electron chi connectivity index (χ3n) is 3.47. The van der Waals surface area contributed by atoms with Gasteiger partial charge in [-0.25, -0.2) is 0 Å². The highest BCUT2D eigenvalue weighted by Crippen LogP contribution is 2.32. The Labute approximate surface area is 108 Å². The van der Waals surface area contributed by atoms with E-state index in [0.29, 0.717) is 12.5 Å². The van der Waals surface area contributed by atoms with Gasteiger partial charge >= 0.3 is 0 Å². The van der Waals surface area contributed by atoms with Gasteiger partial charge in [0.1, 0.15) is 0 Å². The number of aryl methyl sites for hydroxylation is 1. The maximum absolute atomic E-state index is 11.5. The van der Waals surface area contributed by atoms with E-state index in [-0.39, 0.29) is 5.91 Å². The van der Waals surface area contributed by atoms with Crippen LogP contribution < -0.4 is 11.1 Å². The summed E-state index contributed by atoms with van der Waals surface area (Å²) in [5, 5.41) is 3.45. The molecule has 0 bridgehead atoms. The lowest BCUT2D eigenvalue weighted by Gasteiger charge is -2.15. The quantitative estimate of drug-likeness (QED) is 0.789. The van der Waals surface area contributed by atoms with Crippen LogP contribution >= 0.6 is 0 Å². The summed E-state index contributed by atoms with van der Waals surface area (Å²) in [4.78, 5) is 13.1. The largest absolute Gasteiger partial charge is 0.399 e. The zero-order chi connectivity index (χ0) is 13.1. The smallest absolute Gasteiger partial charge is 0.223 e. The van der Waals surface area contributed by atoms with Crippen molar-refractivity contribution in [2.24, 2.45) is 0 Å². The average Bonchev–Trinajstić information content (AvgIpc) is 2.71. The van der Waals surface area contributed by atoms with Crippen molar-refractivity contribution in [3.63, 3.8) is 0 Å². The van der Waals surface area contributed by atoms with Crippen LogP contribution in [0.15, 0.2) is 18.2 Å². The molecular formula is C14H21N3O. The molecule has 1 atom stereocenters. The van der Waals surface area contributed by atoms with Crippen LogP contribution in [0.3, 0.4) is 0 Å². The van der Waals surface area contributed by atoms with Gasteiger partial charge in [-0.2, -0.15) is 0 Å². The number of nitrogens with one attached hydrogen (secondary N) is 1. The molecule has 4 nitrogen and oxygen atoms in total. The van der Waals surface area contributed by atoms with E-state index in [0.717, 1.165) is 25.1 Å². The molecule has 1 amide bonds. The first-order valence-corrected chi connectivity index (χ1v) is 6.40. The summed E-state index contributed by atoms with van der Waals surface area (Å²) >= 11 is 0. The molecule has 0 spiro atoms. The van der Waals surface area contributed by atoms with Gasteiger partial charge in [-0.05, 0) is 36.1 Å². The molecule has 2 rings (SSSR count). The fraction of sp³-hybridized carbons (Fsp3) is 0.500. The Morgan fingerprint density at radius 3 is 3.00 bits per heavy atom. The number of nitrogens with two attached hydrogens (primary N) is 1. The van der Waals surface area contributed by atoms with Gasteiger partial charge in [0, 0.05) is 38.8 Å². The number of nitrogen functional groups attached to an aromatic ring is 1. The number of fused-ring (bicyclic) bond motifs is 1. The number of hydrogen-bond acceptors (Lipinski definition) is 3. The second-order valence-corrected chi connectivity index (χ2v) is 5.04. The third-order valence-corrected chi connectivity index (χ3v) is 3.47. The van der Waals surface area contributed by atoms with Crippen LogP contribution in [-0.4, -0.2) is 31.4 Å². The van der Waals surface area contributed by atoms with Crippen molar-refractivity contribution in [3.8, 4) is 0 Å². The number of benzene rings is 1. The maximum Gasteiger partial charge on any atom is 0.223 e. The van der Waals surface area contributed by atoms with Gasteiger partial charge in [0.25, 0.3) is 0 Å². The molecule has 0 aliphatic heterocycles. The number of carbonyl (C=O) groups excluding carboxylic acids is 1. The lowest BCUT2D eigenvalue weighted by Crippen LogP contribution is -2.28. The number of amides is 1. The Morgan fingerprint density at radius 1 is 1.50 bits per heavy atom. The molecule has 1 aromatic carbocycles. The zero-order valence-corrected chi connectivity index (χ0v) is 11.1. The number of rotatable bonds is 4. The first kappa shape index (κ1) is 12.9. The van der Waals surface area contributed by atoms with Crippen LogP contribution in [0.5, 0.6) is 0 Å². The van der Waals surface area contributed by atoms with Crippen molar-refractivity contribution in [1.29, 1.82) is 0 Å². The predicted molar refractivity (Wildman–Crippen MR) is 73.2 cm³/mol. The van der Waals surface area contributed by atoms with Crippen LogP contribution in [0, 0.1) is 0 Å². The molecule has 0 aromatic heterocycles. The van der Waals surface area contributed by atoms with Gasteiger partial charge in [0.2, 0.25) is 5.91 Å². The highest BCUT2D eigenvalue weighted by atomic mass is 16.2. The third kappa shape index (κ3) is 2.82. The van der Waals surface area contributed by atoms with Crippen LogP contribution in [0.2, 0.25) is 0 Å². The van der Waals surface area contributed by atoms with Gasteiger partial charge in [0.15, 0.2) is 0 Å². The fourth-order valence-electron chi connectivity index (χ4n) is 2.43. The normalized spacial score (nSPS) is 17.6.